The van der Waals surface area contributed by atoms with Crippen LogP contribution in [0.5, 0.6) is 0 Å². The van der Waals surface area contributed by atoms with Gasteiger partial charge in [0.05, 0.1) is 0 Å². The minimum Gasteiger partial charge on any atom is -0.385 e. The van der Waals surface area contributed by atoms with Gasteiger partial charge in [0.15, 0.2) is 5.11 Å². The molecule has 106 valence electrons. The van der Waals surface area contributed by atoms with Crippen molar-refractivity contribution in [3.05, 3.63) is 41.1 Å². The van der Waals surface area contributed by atoms with Crippen molar-refractivity contribution in [1.29, 1.82) is 0 Å². The van der Waals surface area contributed by atoms with Crippen molar-refractivity contribution < 1.29 is 9.53 Å². The molecule has 1 aromatic carbocycles. The summed E-state index contributed by atoms with van der Waals surface area (Å²) in [5.74, 6) is -0.0747. The van der Waals surface area contributed by atoms with Gasteiger partial charge in [0.25, 0.3) is 5.91 Å². The van der Waals surface area contributed by atoms with Crippen LogP contribution in [0.1, 0.15) is 17.5 Å². The Morgan fingerprint density at radius 3 is 2.85 bits per heavy atom. The number of methoxy groups -OCH3 is 1. The molecule has 0 bridgehead atoms. The Kier molecular flexibility index (Phi) is 4.87. The number of aryl methyl sites for hydroxylation is 1. The van der Waals surface area contributed by atoms with E-state index in [9.17, 15) is 4.79 Å². The molecule has 1 heterocycles. The highest BCUT2D eigenvalue weighted by molar-refractivity contribution is 7.80. The van der Waals surface area contributed by atoms with Crippen LogP contribution in [0.3, 0.4) is 0 Å². The van der Waals surface area contributed by atoms with Crippen LogP contribution >= 0.6 is 12.2 Å². The van der Waals surface area contributed by atoms with Crippen LogP contribution in [0.4, 0.5) is 0 Å². The van der Waals surface area contributed by atoms with E-state index < -0.39 is 0 Å². The van der Waals surface area contributed by atoms with Crippen molar-refractivity contribution in [3.8, 4) is 0 Å². The minimum absolute atomic E-state index is 0.0747. The molecule has 2 rings (SSSR count). The third-order valence-corrected chi connectivity index (χ3v) is 3.50. The third kappa shape index (κ3) is 3.23. The molecule has 1 aromatic rings. The van der Waals surface area contributed by atoms with E-state index >= 15 is 0 Å². The Balaban J connectivity index is 2.13. The molecule has 4 nitrogen and oxygen atoms in total. The summed E-state index contributed by atoms with van der Waals surface area (Å²) < 4.78 is 4.99. The summed E-state index contributed by atoms with van der Waals surface area (Å²) in [6, 6.07) is 7.92. The number of nitrogens with zero attached hydrogens (tertiary/aromatic N) is 1. The number of thiocarbonyl (C=S) groups is 1. The van der Waals surface area contributed by atoms with Crippen LogP contribution in [0.15, 0.2) is 30.0 Å². The number of nitrogens with one attached hydrogen (secondary N) is 1. The zero-order chi connectivity index (χ0) is 14.5. The van der Waals surface area contributed by atoms with Crippen LogP contribution in [0, 0.1) is 6.92 Å². The van der Waals surface area contributed by atoms with Crippen molar-refractivity contribution in [1.82, 2.24) is 10.2 Å². The molecule has 1 aliphatic heterocycles. The van der Waals surface area contributed by atoms with Crippen molar-refractivity contribution >= 4 is 29.3 Å². The number of carbonyl (C=O) groups is 1. The van der Waals surface area contributed by atoms with Gasteiger partial charge in [0.2, 0.25) is 0 Å². The van der Waals surface area contributed by atoms with Gasteiger partial charge < -0.3 is 10.1 Å². The molecule has 1 fully saturated rings. The van der Waals surface area contributed by atoms with Gasteiger partial charge in [-0.15, -0.1) is 0 Å². The molecule has 0 unspecified atom stereocenters. The Morgan fingerprint density at radius 1 is 1.40 bits per heavy atom. The maximum Gasteiger partial charge on any atom is 0.276 e. The highest BCUT2D eigenvalue weighted by atomic mass is 32.1. The van der Waals surface area contributed by atoms with Crippen molar-refractivity contribution in [3.63, 3.8) is 0 Å². The summed E-state index contributed by atoms with van der Waals surface area (Å²) in [4.78, 5) is 13.9. The third-order valence-electron chi connectivity index (χ3n) is 3.18. The molecule has 1 amide bonds. The van der Waals surface area contributed by atoms with E-state index in [1.165, 1.54) is 0 Å². The van der Waals surface area contributed by atoms with Crippen LogP contribution in [-0.4, -0.2) is 36.2 Å². The van der Waals surface area contributed by atoms with Crippen molar-refractivity contribution in [2.75, 3.05) is 20.3 Å². The van der Waals surface area contributed by atoms with Crippen LogP contribution in [0.25, 0.3) is 6.08 Å². The summed E-state index contributed by atoms with van der Waals surface area (Å²) in [5, 5.41) is 3.45. The van der Waals surface area contributed by atoms with E-state index in [2.05, 4.69) is 5.32 Å². The lowest BCUT2D eigenvalue weighted by Gasteiger charge is -2.12. The largest absolute Gasteiger partial charge is 0.385 e. The smallest absolute Gasteiger partial charge is 0.276 e. The molecule has 5 heteroatoms. The quantitative estimate of drug-likeness (QED) is 0.512. The average Bonchev–Trinajstić information content (AvgIpc) is 2.69. The van der Waals surface area contributed by atoms with Gasteiger partial charge >= 0.3 is 0 Å². The maximum absolute atomic E-state index is 12.3. The van der Waals surface area contributed by atoms with Gasteiger partial charge in [0.1, 0.15) is 5.70 Å². The molecule has 20 heavy (non-hydrogen) atoms. The monoisotopic (exact) mass is 290 g/mol. The number of ether oxygens (including phenoxy) is 1. The molecular formula is C15H18N2O2S. The number of hydrogen-bond acceptors (Lipinski definition) is 3. The topological polar surface area (TPSA) is 41.6 Å². The van der Waals surface area contributed by atoms with Gasteiger partial charge in [0, 0.05) is 20.3 Å². The molecule has 1 aliphatic rings. The Morgan fingerprint density at radius 2 is 2.15 bits per heavy atom. The van der Waals surface area contributed by atoms with Crippen LogP contribution in [0.2, 0.25) is 0 Å². The Bertz CT molecular complexity index is 555. The Labute approximate surface area is 124 Å². The van der Waals surface area contributed by atoms with Gasteiger partial charge in [-0.25, -0.2) is 0 Å². The molecule has 1 saturated heterocycles. The lowest BCUT2D eigenvalue weighted by Crippen LogP contribution is -2.32. The lowest BCUT2D eigenvalue weighted by atomic mass is 10.1. The zero-order valence-corrected chi connectivity index (χ0v) is 12.5. The van der Waals surface area contributed by atoms with Crippen molar-refractivity contribution in [2.45, 2.75) is 13.3 Å². The van der Waals surface area contributed by atoms with Crippen LogP contribution < -0.4 is 5.32 Å². The van der Waals surface area contributed by atoms with E-state index in [0.717, 1.165) is 17.5 Å². The molecule has 0 aliphatic carbocycles. The van der Waals surface area contributed by atoms with Gasteiger partial charge in [-0.05, 0) is 42.8 Å². The molecule has 0 radical (unpaired) electrons. The first kappa shape index (κ1) is 14.7. The SMILES string of the molecule is COCCCN1C(=O)/C(=C\c2ccccc2C)NC1=S. The summed E-state index contributed by atoms with van der Waals surface area (Å²) in [7, 11) is 1.64. The summed E-state index contributed by atoms with van der Waals surface area (Å²) in [6.45, 7) is 3.20. The van der Waals surface area contributed by atoms with E-state index in [4.69, 9.17) is 17.0 Å². The summed E-state index contributed by atoms with van der Waals surface area (Å²) in [5.41, 5.74) is 2.67. The second-order valence-corrected chi connectivity index (χ2v) is 5.03. The zero-order valence-electron chi connectivity index (χ0n) is 11.7. The summed E-state index contributed by atoms with van der Waals surface area (Å²) in [6.07, 6.45) is 2.61. The summed E-state index contributed by atoms with van der Waals surface area (Å²) >= 11 is 5.21. The normalized spacial score (nSPS) is 16.9. The number of benzene rings is 1. The highest BCUT2D eigenvalue weighted by Crippen LogP contribution is 2.16. The maximum atomic E-state index is 12.3. The fourth-order valence-electron chi connectivity index (χ4n) is 2.05. The molecule has 0 saturated carbocycles. The number of amides is 1. The highest BCUT2D eigenvalue weighted by Gasteiger charge is 2.29. The fourth-order valence-corrected chi connectivity index (χ4v) is 2.33. The second-order valence-electron chi connectivity index (χ2n) is 4.65. The number of carbonyl (C=O) groups excluding carboxylic acids is 1. The van der Waals surface area contributed by atoms with Crippen LogP contribution in [-0.2, 0) is 9.53 Å². The first-order chi connectivity index (χ1) is 9.63. The van der Waals surface area contributed by atoms with E-state index in [-0.39, 0.29) is 5.91 Å². The first-order valence-corrected chi connectivity index (χ1v) is 6.93. The Hall–Kier alpha value is -1.72. The molecular weight excluding hydrogens is 272 g/mol. The minimum atomic E-state index is -0.0747. The van der Waals surface area contributed by atoms with Crippen molar-refractivity contribution in [2.24, 2.45) is 0 Å². The lowest BCUT2D eigenvalue weighted by molar-refractivity contribution is -0.122. The molecule has 0 atom stereocenters. The van der Waals surface area contributed by atoms with Gasteiger partial charge in [-0.1, -0.05) is 24.3 Å². The standard InChI is InChI=1S/C15H18N2O2S/c1-11-6-3-4-7-12(11)10-13-14(18)17(15(20)16-13)8-5-9-19-2/h3-4,6-7,10H,5,8-9H2,1-2H3,(H,16,20)/b13-10+. The van der Waals surface area contributed by atoms with E-state index in [0.29, 0.717) is 24.0 Å². The van der Waals surface area contributed by atoms with Gasteiger partial charge in [-0.2, -0.15) is 0 Å². The first-order valence-electron chi connectivity index (χ1n) is 6.52. The number of hydrogen-bond donors (Lipinski definition) is 1. The second kappa shape index (κ2) is 6.63. The van der Waals surface area contributed by atoms with E-state index in [1.54, 1.807) is 12.0 Å². The molecule has 0 aromatic heterocycles. The van der Waals surface area contributed by atoms with Gasteiger partial charge in [-0.3, -0.25) is 9.69 Å². The number of rotatable bonds is 5. The molecule has 1 N–H and O–H groups in total. The van der Waals surface area contributed by atoms with E-state index in [1.807, 2.05) is 37.3 Å². The average molecular weight is 290 g/mol. The fraction of sp³-hybridized carbons (Fsp3) is 0.333. The molecule has 0 spiro atoms. The predicted octanol–water partition coefficient (Wildman–Crippen LogP) is 2.09. The predicted molar refractivity (Wildman–Crippen MR) is 83.1 cm³/mol.